The lowest BCUT2D eigenvalue weighted by molar-refractivity contribution is -0.118. The van der Waals surface area contributed by atoms with E-state index >= 15 is 0 Å². The fraction of sp³-hybridized carbons (Fsp3) is 0.278. The molecule has 1 amide bonds. The molecule has 2 aromatic carbocycles. The molecule has 0 saturated carbocycles. The van der Waals surface area contributed by atoms with Crippen LogP contribution in [0, 0.1) is 5.82 Å². The van der Waals surface area contributed by atoms with Gasteiger partial charge in [0.1, 0.15) is 11.6 Å². The van der Waals surface area contributed by atoms with Crippen LogP contribution in [0.15, 0.2) is 41.3 Å². The number of hydrogen-bond donors (Lipinski definition) is 1. The molecule has 2 rings (SSSR count). The van der Waals surface area contributed by atoms with Crippen LogP contribution in [-0.2, 0) is 14.8 Å². The van der Waals surface area contributed by atoms with Crippen molar-refractivity contribution in [3.8, 4) is 5.75 Å². The zero-order valence-corrected chi connectivity index (χ0v) is 17.5. The number of anilines is 1. The Morgan fingerprint density at radius 1 is 1.11 bits per heavy atom. The van der Waals surface area contributed by atoms with Crippen LogP contribution in [0.3, 0.4) is 0 Å². The number of carbonyl (C=O) groups is 1. The Morgan fingerprint density at radius 3 is 2.39 bits per heavy atom. The minimum Gasteiger partial charge on any atom is -0.484 e. The maximum atomic E-state index is 13.1. The van der Waals surface area contributed by atoms with E-state index in [1.165, 1.54) is 34.6 Å². The topological polar surface area (TPSA) is 75.7 Å². The van der Waals surface area contributed by atoms with Gasteiger partial charge in [0, 0.05) is 19.2 Å². The minimum atomic E-state index is -3.70. The van der Waals surface area contributed by atoms with Crippen molar-refractivity contribution in [2.75, 3.05) is 25.0 Å². The van der Waals surface area contributed by atoms with Gasteiger partial charge in [0.15, 0.2) is 6.61 Å². The summed E-state index contributed by atoms with van der Waals surface area (Å²) in [6.07, 6.45) is 0. The first-order chi connectivity index (χ1) is 13.2. The van der Waals surface area contributed by atoms with Gasteiger partial charge in [-0.05, 0) is 30.3 Å². The SMILES string of the molecule is CCN(CC)S(=O)(=O)c1ccc(Cl)c(NC(=O)COc2ccc(F)c(Cl)c2)c1. The Balaban J connectivity index is 2.12. The van der Waals surface area contributed by atoms with E-state index in [-0.39, 0.29) is 26.4 Å². The van der Waals surface area contributed by atoms with Crippen LogP contribution < -0.4 is 10.1 Å². The Morgan fingerprint density at radius 2 is 1.79 bits per heavy atom. The standard InChI is InChI=1S/C18H19Cl2FN2O4S/c1-3-23(4-2)28(25,26)13-6-7-14(19)17(10-13)22-18(24)11-27-12-5-8-16(21)15(20)9-12/h5-10H,3-4,11H2,1-2H3,(H,22,24). The first-order valence-corrected chi connectivity index (χ1v) is 10.6. The third-order valence-electron chi connectivity index (χ3n) is 3.82. The second-order valence-corrected chi connectivity index (χ2v) is 8.40. The summed E-state index contributed by atoms with van der Waals surface area (Å²) in [6, 6.07) is 7.76. The summed E-state index contributed by atoms with van der Waals surface area (Å²) in [6.45, 7) is 3.71. The molecule has 0 fully saturated rings. The van der Waals surface area contributed by atoms with Crippen molar-refractivity contribution < 1.29 is 22.3 Å². The molecule has 10 heteroatoms. The van der Waals surface area contributed by atoms with Crippen LogP contribution >= 0.6 is 23.2 Å². The molecule has 0 aliphatic rings. The number of sulfonamides is 1. The molecule has 6 nitrogen and oxygen atoms in total. The number of carbonyl (C=O) groups excluding carboxylic acids is 1. The number of nitrogens with one attached hydrogen (secondary N) is 1. The minimum absolute atomic E-state index is 0.0159. The summed E-state index contributed by atoms with van der Waals surface area (Å²) < 4.78 is 44.9. The van der Waals surface area contributed by atoms with E-state index in [9.17, 15) is 17.6 Å². The second-order valence-electron chi connectivity index (χ2n) is 5.64. The fourth-order valence-electron chi connectivity index (χ4n) is 2.38. The molecule has 2 aromatic rings. The smallest absolute Gasteiger partial charge is 0.262 e. The molecule has 0 saturated heterocycles. The average Bonchev–Trinajstić information content (AvgIpc) is 2.65. The van der Waals surface area contributed by atoms with Gasteiger partial charge in [0.25, 0.3) is 5.91 Å². The van der Waals surface area contributed by atoms with Crippen molar-refractivity contribution in [3.63, 3.8) is 0 Å². The predicted octanol–water partition coefficient (Wildman–Crippen LogP) is 4.18. The van der Waals surface area contributed by atoms with Gasteiger partial charge in [-0.3, -0.25) is 4.79 Å². The molecule has 0 aromatic heterocycles. The number of amides is 1. The first kappa shape index (κ1) is 22.4. The molecular weight excluding hydrogens is 430 g/mol. The van der Waals surface area contributed by atoms with E-state index in [4.69, 9.17) is 27.9 Å². The molecule has 0 aliphatic carbocycles. The highest BCUT2D eigenvalue weighted by Crippen LogP contribution is 2.27. The summed E-state index contributed by atoms with van der Waals surface area (Å²) in [7, 11) is -3.70. The number of benzene rings is 2. The predicted molar refractivity (Wildman–Crippen MR) is 107 cm³/mol. The number of nitrogens with zero attached hydrogens (tertiary/aromatic N) is 1. The van der Waals surface area contributed by atoms with Gasteiger partial charge in [0.2, 0.25) is 10.0 Å². The molecule has 0 atom stereocenters. The van der Waals surface area contributed by atoms with Crippen molar-refractivity contribution in [1.82, 2.24) is 4.31 Å². The van der Waals surface area contributed by atoms with Crippen LogP contribution in [0.1, 0.15) is 13.8 Å². The third-order valence-corrected chi connectivity index (χ3v) is 6.48. The molecule has 0 radical (unpaired) electrons. The third kappa shape index (κ3) is 5.35. The summed E-state index contributed by atoms with van der Waals surface area (Å²) >= 11 is 11.7. The highest BCUT2D eigenvalue weighted by atomic mass is 35.5. The molecular formula is C18H19Cl2FN2O4S. The van der Waals surface area contributed by atoms with Gasteiger partial charge in [-0.2, -0.15) is 4.31 Å². The summed E-state index contributed by atoms with van der Waals surface area (Å²) in [5.41, 5.74) is 0.139. The van der Waals surface area contributed by atoms with Crippen molar-refractivity contribution in [2.24, 2.45) is 0 Å². The van der Waals surface area contributed by atoms with E-state index in [0.717, 1.165) is 6.07 Å². The van der Waals surface area contributed by atoms with Crippen LogP contribution in [0.5, 0.6) is 5.75 Å². The number of halogens is 3. The maximum Gasteiger partial charge on any atom is 0.262 e. The van der Waals surface area contributed by atoms with Gasteiger partial charge in [0.05, 0.1) is 20.6 Å². The zero-order valence-electron chi connectivity index (χ0n) is 15.2. The lowest BCUT2D eigenvalue weighted by Crippen LogP contribution is -2.30. The summed E-state index contributed by atoms with van der Waals surface area (Å²) in [4.78, 5) is 12.2. The Hall–Kier alpha value is -1.87. The fourth-order valence-corrected chi connectivity index (χ4v) is 4.20. The average molecular weight is 449 g/mol. The Kier molecular flexibility index (Phi) is 7.65. The molecule has 0 heterocycles. The van der Waals surface area contributed by atoms with Gasteiger partial charge < -0.3 is 10.1 Å². The molecule has 28 heavy (non-hydrogen) atoms. The molecule has 0 spiro atoms. The van der Waals surface area contributed by atoms with E-state index < -0.39 is 28.4 Å². The molecule has 0 unspecified atom stereocenters. The first-order valence-electron chi connectivity index (χ1n) is 8.36. The number of ether oxygens (including phenoxy) is 1. The van der Waals surface area contributed by atoms with Crippen LogP contribution in [-0.4, -0.2) is 38.3 Å². The summed E-state index contributed by atoms with van der Waals surface area (Å²) in [5, 5.41) is 2.56. The Labute approximate surface area is 173 Å². The van der Waals surface area contributed by atoms with E-state index in [0.29, 0.717) is 13.1 Å². The number of rotatable bonds is 8. The van der Waals surface area contributed by atoms with Gasteiger partial charge >= 0.3 is 0 Å². The Bertz CT molecular complexity index is 966. The maximum absolute atomic E-state index is 13.1. The van der Waals surface area contributed by atoms with Crippen molar-refractivity contribution in [1.29, 1.82) is 0 Å². The quantitative estimate of drug-likeness (QED) is 0.656. The van der Waals surface area contributed by atoms with Crippen LogP contribution in [0.2, 0.25) is 10.0 Å². The molecule has 0 bridgehead atoms. The molecule has 1 N–H and O–H groups in total. The van der Waals surface area contributed by atoms with Crippen molar-refractivity contribution in [3.05, 3.63) is 52.3 Å². The van der Waals surface area contributed by atoms with Gasteiger partial charge in [-0.15, -0.1) is 0 Å². The molecule has 152 valence electrons. The monoisotopic (exact) mass is 448 g/mol. The summed E-state index contributed by atoms with van der Waals surface area (Å²) in [5.74, 6) is -0.957. The second kappa shape index (κ2) is 9.56. The zero-order chi connectivity index (χ0) is 20.9. The normalized spacial score (nSPS) is 11.5. The van der Waals surface area contributed by atoms with E-state index in [1.807, 2.05) is 0 Å². The van der Waals surface area contributed by atoms with Gasteiger partial charge in [-0.1, -0.05) is 37.0 Å². The van der Waals surface area contributed by atoms with Crippen LogP contribution in [0.4, 0.5) is 10.1 Å². The molecule has 0 aliphatic heterocycles. The van der Waals surface area contributed by atoms with Crippen molar-refractivity contribution in [2.45, 2.75) is 18.7 Å². The lowest BCUT2D eigenvalue weighted by Gasteiger charge is -2.19. The highest BCUT2D eigenvalue weighted by molar-refractivity contribution is 7.89. The van der Waals surface area contributed by atoms with E-state index in [1.54, 1.807) is 13.8 Å². The number of hydrogen-bond acceptors (Lipinski definition) is 4. The van der Waals surface area contributed by atoms with Gasteiger partial charge in [-0.25, -0.2) is 12.8 Å². The van der Waals surface area contributed by atoms with Crippen molar-refractivity contribution >= 4 is 44.8 Å². The van der Waals surface area contributed by atoms with E-state index in [2.05, 4.69) is 5.32 Å². The van der Waals surface area contributed by atoms with Crippen LogP contribution in [0.25, 0.3) is 0 Å². The highest BCUT2D eigenvalue weighted by Gasteiger charge is 2.22. The lowest BCUT2D eigenvalue weighted by atomic mass is 10.3. The largest absolute Gasteiger partial charge is 0.484 e.